The topological polar surface area (TPSA) is 85.4 Å². The molecule has 32 heavy (non-hydrogen) atoms. The Balaban J connectivity index is 1.58. The summed E-state index contributed by atoms with van der Waals surface area (Å²) in [5.41, 5.74) is 1.14. The zero-order valence-corrected chi connectivity index (χ0v) is 19.7. The zero-order valence-electron chi connectivity index (χ0n) is 18.9. The number of benzene rings is 2. The van der Waals surface area contributed by atoms with E-state index < -0.39 is 10.0 Å². The van der Waals surface area contributed by atoms with Crippen molar-refractivity contribution in [3.63, 3.8) is 0 Å². The summed E-state index contributed by atoms with van der Waals surface area (Å²) in [4.78, 5) is 14.3. The fourth-order valence-corrected chi connectivity index (χ4v) is 4.94. The molecule has 0 aliphatic carbocycles. The number of carbonyl (C=O) groups is 1. The lowest BCUT2D eigenvalue weighted by atomic mass is 10.0. The molecule has 8 nitrogen and oxygen atoms in total. The van der Waals surface area contributed by atoms with Crippen LogP contribution in [-0.4, -0.2) is 70.5 Å². The molecule has 3 rings (SSSR count). The van der Waals surface area contributed by atoms with E-state index in [4.69, 9.17) is 14.2 Å². The summed E-state index contributed by atoms with van der Waals surface area (Å²) in [6, 6.07) is 12.2. The lowest BCUT2D eigenvalue weighted by Crippen LogP contribution is -2.51. The lowest BCUT2D eigenvalue weighted by Gasteiger charge is -2.34. The van der Waals surface area contributed by atoms with Crippen molar-refractivity contribution in [2.75, 3.05) is 47.0 Å². The number of piperazine rings is 1. The van der Waals surface area contributed by atoms with Crippen LogP contribution in [0.15, 0.2) is 47.4 Å². The number of hydrogen-bond donors (Lipinski definition) is 0. The minimum atomic E-state index is -3.71. The van der Waals surface area contributed by atoms with Crippen molar-refractivity contribution >= 4 is 15.9 Å². The normalized spacial score (nSPS) is 15.0. The Kier molecular flexibility index (Phi) is 7.63. The molecule has 2 aromatic rings. The predicted octanol–water partition coefficient (Wildman–Crippen LogP) is 2.74. The zero-order chi connectivity index (χ0) is 23.3. The van der Waals surface area contributed by atoms with E-state index in [0.29, 0.717) is 36.3 Å². The van der Waals surface area contributed by atoms with E-state index >= 15 is 0 Å². The van der Waals surface area contributed by atoms with Gasteiger partial charge in [-0.2, -0.15) is 4.31 Å². The standard InChI is InChI=1S/C23H30N2O6S/c1-17(2)18-6-5-7-19(14-18)31-16-23(26)24-10-12-25(13-11-24)32(27,28)20-8-9-21(29-3)22(15-20)30-4/h5-9,14-15,17H,10-13,16H2,1-4H3. The number of nitrogens with zero attached hydrogens (tertiary/aromatic N) is 2. The number of amides is 1. The fraction of sp³-hybridized carbons (Fsp3) is 0.435. The van der Waals surface area contributed by atoms with Gasteiger partial charge in [0.2, 0.25) is 10.0 Å². The van der Waals surface area contributed by atoms with Crippen molar-refractivity contribution < 1.29 is 27.4 Å². The summed E-state index contributed by atoms with van der Waals surface area (Å²) >= 11 is 0. The molecule has 1 saturated heterocycles. The summed E-state index contributed by atoms with van der Waals surface area (Å²) in [7, 11) is -0.757. The van der Waals surface area contributed by atoms with Gasteiger partial charge in [-0.1, -0.05) is 26.0 Å². The van der Waals surface area contributed by atoms with E-state index in [2.05, 4.69) is 13.8 Å². The smallest absolute Gasteiger partial charge is 0.260 e. The van der Waals surface area contributed by atoms with E-state index in [1.807, 2.05) is 24.3 Å². The largest absolute Gasteiger partial charge is 0.493 e. The minimum Gasteiger partial charge on any atom is -0.493 e. The van der Waals surface area contributed by atoms with Crippen LogP contribution in [0, 0.1) is 0 Å². The van der Waals surface area contributed by atoms with Gasteiger partial charge in [-0.3, -0.25) is 4.79 Å². The molecule has 0 aromatic heterocycles. The van der Waals surface area contributed by atoms with Gasteiger partial charge < -0.3 is 19.1 Å². The van der Waals surface area contributed by atoms with Gasteiger partial charge in [0.05, 0.1) is 19.1 Å². The maximum Gasteiger partial charge on any atom is 0.260 e. The first-order valence-corrected chi connectivity index (χ1v) is 11.9. The van der Waals surface area contributed by atoms with E-state index in [1.165, 1.54) is 30.7 Å². The van der Waals surface area contributed by atoms with Crippen LogP contribution in [0.2, 0.25) is 0 Å². The first kappa shape index (κ1) is 23.9. The van der Waals surface area contributed by atoms with Gasteiger partial charge in [0, 0.05) is 32.2 Å². The highest BCUT2D eigenvalue weighted by Gasteiger charge is 2.31. The highest BCUT2D eigenvalue weighted by molar-refractivity contribution is 7.89. The first-order valence-electron chi connectivity index (χ1n) is 10.5. The summed E-state index contributed by atoms with van der Waals surface area (Å²) < 4.78 is 43.5. The molecular formula is C23H30N2O6S. The number of sulfonamides is 1. The van der Waals surface area contributed by atoms with Crippen LogP contribution in [0.5, 0.6) is 17.2 Å². The number of ether oxygens (including phenoxy) is 3. The fourth-order valence-electron chi connectivity index (χ4n) is 3.50. The third-order valence-electron chi connectivity index (χ3n) is 5.47. The Morgan fingerprint density at radius 2 is 1.66 bits per heavy atom. The maximum atomic E-state index is 13.0. The summed E-state index contributed by atoms with van der Waals surface area (Å²) in [5, 5.41) is 0. The molecular weight excluding hydrogens is 432 g/mol. The van der Waals surface area contributed by atoms with Crippen LogP contribution in [0.3, 0.4) is 0 Å². The van der Waals surface area contributed by atoms with Crippen molar-refractivity contribution in [3.8, 4) is 17.2 Å². The average molecular weight is 463 g/mol. The third-order valence-corrected chi connectivity index (χ3v) is 7.37. The molecule has 0 saturated carbocycles. The third kappa shape index (κ3) is 5.34. The van der Waals surface area contributed by atoms with Crippen molar-refractivity contribution in [3.05, 3.63) is 48.0 Å². The molecule has 1 heterocycles. The second-order valence-corrected chi connectivity index (χ2v) is 9.76. The van der Waals surface area contributed by atoms with E-state index in [0.717, 1.165) is 5.56 Å². The Labute approximate surface area is 189 Å². The summed E-state index contributed by atoms with van der Waals surface area (Å²) in [5.74, 6) is 1.67. The van der Waals surface area contributed by atoms with Crippen LogP contribution in [0.4, 0.5) is 0 Å². The highest BCUT2D eigenvalue weighted by Crippen LogP contribution is 2.31. The number of hydrogen-bond acceptors (Lipinski definition) is 6. The van der Waals surface area contributed by atoms with Crippen LogP contribution in [0.25, 0.3) is 0 Å². The molecule has 1 aliphatic heterocycles. The molecule has 0 bridgehead atoms. The van der Waals surface area contributed by atoms with Crippen LogP contribution in [0.1, 0.15) is 25.3 Å². The molecule has 2 aromatic carbocycles. The van der Waals surface area contributed by atoms with Gasteiger partial charge in [0.15, 0.2) is 18.1 Å². The van der Waals surface area contributed by atoms with Gasteiger partial charge in [-0.25, -0.2) is 8.42 Å². The van der Waals surface area contributed by atoms with Crippen LogP contribution < -0.4 is 14.2 Å². The molecule has 1 aliphatic rings. The van der Waals surface area contributed by atoms with E-state index in [1.54, 1.807) is 11.0 Å². The van der Waals surface area contributed by atoms with Gasteiger partial charge in [-0.05, 0) is 35.7 Å². The first-order chi connectivity index (χ1) is 15.3. The van der Waals surface area contributed by atoms with Gasteiger partial charge >= 0.3 is 0 Å². The predicted molar refractivity (Wildman–Crippen MR) is 121 cm³/mol. The number of carbonyl (C=O) groups excluding carboxylic acids is 1. The molecule has 1 fully saturated rings. The second-order valence-electron chi connectivity index (χ2n) is 7.82. The highest BCUT2D eigenvalue weighted by atomic mass is 32.2. The van der Waals surface area contributed by atoms with Gasteiger partial charge in [0.25, 0.3) is 5.91 Å². The average Bonchev–Trinajstić information content (AvgIpc) is 2.82. The van der Waals surface area contributed by atoms with Crippen molar-refractivity contribution in [2.24, 2.45) is 0 Å². The molecule has 0 spiro atoms. The Morgan fingerprint density at radius 3 is 2.28 bits per heavy atom. The second kappa shape index (κ2) is 10.2. The van der Waals surface area contributed by atoms with Crippen molar-refractivity contribution in [1.29, 1.82) is 0 Å². The maximum absolute atomic E-state index is 13.0. The van der Waals surface area contributed by atoms with Crippen molar-refractivity contribution in [1.82, 2.24) is 9.21 Å². The molecule has 174 valence electrons. The summed E-state index contributed by atoms with van der Waals surface area (Å²) in [6.07, 6.45) is 0. The molecule has 0 unspecified atom stereocenters. The minimum absolute atomic E-state index is 0.0794. The molecule has 0 N–H and O–H groups in total. The van der Waals surface area contributed by atoms with Crippen LogP contribution >= 0.6 is 0 Å². The number of methoxy groups -OCH3 is 2. The Hall–Kier alpha value is -2.78. The molecule has 0 atom stereocenters. The molecule has 1 amide bonds. The quantitative estimate of drug-likeness (QED) is 0.600. The monoisotopic (exact) mass is 462 g/mol. The van der Waals surface area contributed by atoms with Crippen molar-refractivity contribution in [2.45, 2.75) is 24.7 Å². The molecule has 9 heteroatoms. The number of rotatable bonds is 8. The summed E-state index contributed by atoms with van der Waals surface area (Å²) in [6.45, 7) is 5.15. The van der Waals surface area contributed by atoms with E-state index in [-0.39, 0.29) is 30.5 Å². The van der Waals surface area contributed by atoms with Gasteiger partial charge in [-0.15, -0.1) is 0 Å². The SMILES string of the molecule is COc1ccc(S(=O)(=O)N2CCN(C(=O)COc3cccc(C(C)C)c3)CC2)cc1OC. The van der Waals surface area contributed by atoms with Crippen LogP contribution in [-0.2, 0) is 14.8 Å². The van der Waals surface area contributed by atoms with Gasteiger partial charge in [0.1, 0.15) is 5.75 Å². The molecule has 0 radical (unpaired) electrons. The lowest BCUT2D eigenvalue weighted by molar-refractivity contribution is -0.134. The Bertz CT molecular complexity index is 1050. The van der Waals surface area contributed by atoms with E-state index in [9.17, 15) is 13.2 Å². The Morgan fingerprint density at radius 1 is 0.969 bits per heavy atom.